The second-order valence-electron chi connectivity index (χ2n) is 5.55. The summed E-state index contributed by atoms with van der Waals surface area (Å²) in [6.45, 7) is 1.25. The van der Waals surface area contributed by atoms with Gasteiger partial charge in [0.25, 0.3) is 5.91 Å². The first kappa shape index (κ1) is 19.1. The lowest BCUT2D eigenvalue weighted by atomic mass is 10.2. The van der Waals surface area contributed by atoms with E-state index in [4.69, 9.17) is 22.1 Å². The van der Waals surface area contributed by atoms with Crippen LogP contribution in [0.1, 0.15) is 16.8 Å². The zero-order valence-corrected chi connectivity index (χ0v) is 15.2. The number of nitrogen functional groups attached to an aromatic ring is 1. The molecule has 1 aliphatic heterocycles. The number of anilines is 2. The van der Waals surface area contributed by atoms with E-state index in [1.807, 2.05) is 0 Å². The first-order valence-electron chi connectivity index (χ1n) is 7.54. The highest BCUT2D eigenvalue weighted by Gasteiger charge is 2.27. The number of hydrogen-bond donors (Lipinski definition) is 2. The van der Waals surface area contributed by atoms with Crippen molar-refractivity contribution in [2.24, 2.45) is 0 Å². The molecule has 0 radical (unpaired) electrons. The Kier molecular flexibility index (Phi) is 6.27. The Morgan fingerprint density at radius 3 is 2.80 bits per heavy atom. The van der Waals surface area contributed by atoms with Gasteiger partial charge in [-0.05, 0) is 30.7 Å². The van der Waals surface area contributed by atoms with Crippen LogP contribution in [-0.2, 0) is 0 Å². The number of amides is 1. The van der Waals surface area contributed by atoms with Crippen molar-refractivity contribution in [1.29, 1.82) is 0 Å². The molecule has 1 saturated heterocycles. The van der Waals surface area contributed by atoms with Crippen molar-refractivity contribution in [2.75, 3.05) is 31.2 Å². The van der Waals surface area contributed by atoms with E-state index in [-0.39, 0.29) is 24.4 Å². The number of methoxy groups -OCH3 is 1. The fraction of sp³-hybridized carbons (Fsp3) is 0.312. The van der Waals surface area contributed by atoms with Gasteiger partial charge < -0.3 is 20.7 Å². The fourth-order valence-corrected chi connectivity index (χ4v) is 2.79. The largest absolute Gasteiger partial charge is 0.480 e. The number of rotatable bonds is 4. The number of ether oxygens (including phenoxy) is 1. The lowest BCUT2D eigenvalue weighted by Crippen LogP contribution is -2.31. The van der Waals surface area contributed by atoms with Crippen LogP contribution in [-0.4, -0.2) is 47.0 Å². The number of halogens is 2. The average Bonchev–Trinajstić information content (AvgIpc) is 3.05. The molecular formula is C16H19Cl2N5O2. The van der Waals surface area contributed by atoms with Crippen molar-refractivity contribution < 1.29 is 9.53 Å². The van der Waals surface area contributed by atoms with Crippen molar-refractivity contribution in [2.45, 2.75) is 12.5 Å². The minimum Gasteiger partial charge on any atom is -0.480 e. The van der Waals surface area contributed by atoms with Gasteiger partial charge in [-0.3, -0.25) is 4.79 Å². The van der Waals surface area contributed by atoms with E-state index in [1.54, 1.807) is 29.2 Å². The van der Waals surface area contributed by atoms with Gasteiger partial charge >= 0.3 is 0 Å². The van der Waals surface area contributed by atoms with Crippen LogP contribution in [0.5, 0.6) is 5.88 Å². The molecule has 0 saturated carbocycles. The molecule has 3 rings (SSSR count). The summed E-state index contributed by atoms with van der Waals surface area (Å²) in [6.07, 6.45) is 2.30. The Morgan fingerprint density at radius 1 is 1.40 bits per heavy atom. The topological polar surface area (TPSA) is 93.4 Å². The maximum Gasteiger partial charge on any atom is 0.253 e. The van der Waals surface area contributed by atoms with E-state index in [2.05, 4.69) is 15.3 Å². The van der Waals surface area contributed by atoms with Crippen molar-refractivity contribution >= 4 is 41.6 Å². The summed E-state index contributed by atoms with van der Waals surface area (Å²) in [7, 11) is 1.50. The summed E-state index contributed by atoms with van der Waals surface area (Å²) < 4.78 is 5.08. The summed E-state index contributed by atoms with van der Waals surface area (Å²) in [5, 5.41) is 3.57. The molecule has 25 heavy (non-hydrogen) atoms. The Hall–Kier alpha value is -2.25. The van der Waals surface area contributed by atoms with Crippen LogP contribution < -0.4 is 15.8 Å². The number of nitrogens with one attached hydrogen (secondary N) is 1. The molecule has 1 atom stereocenters. The molecule has 3 N–H and O–H groups in total. The van der Waals surface area contributed by atoms with Gasteiger partial charge in [-0.25, -0.2) is 4.98 Å². The van der Waals surface area contributed by atoms with Crippen LogP contribution in [0.3, 0.4) is 0 Å². The van der Waals surface area contributed by atoms with E-state index >= 15 is 0 Å². The van der Waals surface area contributed by atoms with Crippen molar-refractivity contribution in [3.05, 3.63) is 41.0 Å². The summed E-state index contributed by atoms with van der Waals surface area (Å²) in [4.78, 5) is 22.6. The number of carbonyl (C=O) groups is 1. The van der Waals surface area contributed by atoms with Crippen LogP contribution in [0, 0.1) is 0 Å². The molecule has 1 aliphatic rings. The third kappa shape index (κ3) is 4.43. The third-order valence-electron chi connectivity index (χ3n) is 3.87. The van der Waals surface area contributed by atoms with E-state index in [9.17, 15) is 4.79 Å². The van der Waals surface area contributed by atoms with Crippen LogP contribution in [0.15, 0.2) is 30.5 Å². The molecular weight excluding hydrogens is 365 g/mol. The summed E-state index contributed by atoms with van der Waals surface area (Å²) in [5.74, 6) is 0.749. The lowest BCUT2D eigenvalue weighted by molar-refractivity contribution is 0.0791. The molecule has 9 heteroatoms. The van der Waals surface area contributed by atoms with Gasteiger partial charge in [-0.15, -0.1) is 12.4 Å². The van der Waals surface area contributed by atoms with E-state index in [0.29, 0.717) is 41.2 Å². The quantitative estimate of drug-likeness (QED) is 0.787. The number of aromatic nitrogens is 2. The molecule has 7 nitrogen and oxygen atoms in total. The van der Waals surface area contributed by atoms with Crippen LogP contribution in [0.2, 0.25) is 5.02 Å². The Balaban J connectivity index is 0.00000225. The molecule has 0 unspecified atom stereocenters. The number of nitrogens with zero attached hydrogens (tertiary/aromatic N) is 3. The maximum atomic E-state index is 12.5. The summed E-state index contributed by atoms with van der Waals surface area (Å²) >= 11 is 5.92. The molecule has 2 heterocycles. The first-order valence-corrected chi connectivity index (χ1v) is 7.92. The van der Waals surface area contributed by atoms with Gasteiger partial charge in [0.05, 0.1) is 13.3 Å². The van der Waals surface area contributed by atoms with E-state index < -0.39 is 0 Å². The Labute approximate surface area is 156 Å². The molecule has 0 spiro atoms. The standard InChI is InChI=1S/C16H18ClN5O2.ClH/c1-24-14-13(17)8-19-16(21-14)20-12-6-7-22(9-12)15(23)10-2-4-11(18)5-3-10;/h2-5,8,12H,6-7,9,18H2,1H3,(H,19,20,21);1H/t12-;/m0./s1. The Bertz CT molecular complexity index is 742. The first-order chi connectivity index (χ1) is 11.6. The normalized spacial score (nSPS) is 16.2. The van der Waals surface area contributed by atoms with E-state index in [1.165, 1.54) is 13.3 Å². The zero-order chi connectivity index (χ0) is 17.1. The second kappa shape index (κ2) is 8.22. The molecule has 1 amide bonds. The number of hydrogen-bond acceptors (Lipinski definition) is 6. The fourth-order valence-electron chi connectivity index (χ4n) is 2.62. The van der Waals surface area contributed by atoms with Crippen molar-refractivity contribution in [3.8, 4) is 5.88 Å². The number of nitrogens with two attached hydrogens (primary N) is 1. The van der Waals surface area contributed by atoms with Crippen molar-refractivity contribution in [3.63, 3.8) is 0 Å². The number of benzene rings is 1. The highest BCUT2D eigenvalue weighted by molar-refractivity contribution is 6.31. The average molecular weight is 384 g/mol. The third-order valence-corrected chi connectivity index (χ3v) is 4.13. The smallest absolute Gasteiger partial charge is 0.253 e. The minimum absolute atomic E-state index is 0. The van der Waals surface area contributed by atoms with E-state index in [0.717, 1.165) is 6.42 Å². The highest BCUT2D eigenvalue weighted by Crippen LogP contribution is 2.23. The molecule has 0 aliphatic carbocycles. The SMILES string of the molecule is COc1nc(N[C@H]2CCN(C(=O)c3ccc(N)cc3)C2)ncc1Cl.Cl. The van der Waals surface area contributed by atoms with Gasteiger partial charge in [-0.1, -0.05) is 11.6 Å². The maximum absolute atomic E-state index is 12.5. The molecule has 1 aromatic carbocycles. The van der Waals surface area contributed by atoms with Gasteiger partial charge in [-0.2, -0.15) is 4.98 Å². The minimum atomic E-state index is -0.00564. The molecule has 1 fully saturated rings. The molecule has 2 aromatic rings. The number of likely N-dealkylation sites (tertiary alicyclic amines) is 1. The predicted molar refractivity (Wildman–Crippen MR) is 99.6 cm³/mol. The van der Waals surface area contributed by atoms with Crippen molar-refractivity contribution in [1.82, 2.24) is 14.9 Å². The monoisotopic (exact) mass is 383 g/mol. The number of carbonyl (C=O) groups excluding carboxylic acids is 1. The highest BCUT2D eigenvalue weighted by atomic mass is 35.5. The zero-order valence-electron chi connectivity index (χ0n) is 13.6. The molecule has 0 bridgehead atoms. The van der Waals surface area contributed by atoms with Crippen LogP contribution >= 0.6 is 24.0 Å². The Morgan fingerprint density at radius 2 is 2.12 bits per heavy atom. The van der Waals surface area contributed by atoms with Gasteiger partial charge in [0.2, 0.25) is 11.8 Å². The summed E-state index contributed by atoms with van der Waals surface area (Å²) in [6, 6.07) is 7.02. The second-order valence-corrected chi connectivity index (χ2v) is 5.96. The van der Waals surface area contributed by atoms with Gasteiger partial charge in [0, 0.05) is 30.4 Å². The van der Waals surface area contributed by atoms with Crippen LogP contribution in [0.4, 0.5) is 11.6 Å². The predicted octanol–water partition coefficient (Wildman–Crippen LogP) is 2.47. The van der Waals surface area contributed by atoms with Gasteiger partial charge in [0.1, 0.15) is 5.02 Å². The molecule has 134 valence electrons. The molecule has 1 aromatic heterocycles. The lowest BCUT2D eigenvalue weighted by Gasteiger charge is -2.17. The van der Waals surface area contributed by atoms with Gasteiger partial charge in [0.15, 0.2) is 0 Å². The van der Waals surface area contributed by atoms with Crippen LogP contribution in [0.25, 0.3) is 0 Å². The summed E-state index contributed by atoms with van der Waals surface area (Å²) in [5.41, 5.74) is 6.93.